The molecule has 0 aliphatic heterocycles. The van der Waals surface area contributed by atoms with Crippen LogP contribution in [0.4, 0.5) is 0 Å². The van der Waals surface area contributed by atoms with Crippen LogP contribution >= 0.6 is 0 Å². The number of ether oxygens (including phenoxy) is 1. The largest absolute Gasteiger partial charge is 0.449 e. The van der Waals surface area contributed by atoms with Crippen molar-refractivity contribution >= 4 is 22.9 Å². The summed E-state index contributed by atoms with van der Waals surface area (Å²) in [5.74, 6) is -0.905. The fourth-order valence-electron chi connectivity index (χ4n) is 3.72. The molecule has 3 rings (SSSR count). The minimum Gasteiger partial charge on any atom is -0.449 e. The number of aromatic nitrogens is 2. The lowest BCUT2D eigenvalue weighted by molar-refractivity contribution is -0.129. The predicted molar refractivity (Wildman–Crippen MR) is 115 cm³/mol. The van der Waals surface area contributed by atoms with E-state index in [1.165, 1.54) is 18.4 Å². The molecule has 1 heterocycles. The first-order valence-corrected chi connectivity index (χ1v) is 10.6. The van der Waals surface area contributed by atoms with Gasteiger partial charge in [-0.15, -0.1) is 0 Å². The summed E-state index contributed by atoms with van der Waals surface area (Å²) in [4.78, 5) is 41.3. The highest BCUT2D eigenvalue weighted by Gasteiger charge is 2.19. The van der Waals surface area contributed by atoms with Gasteiger partial charge in [-0.2, -0.15) is 0 Å². The normalized spacial score (nSPS) is 14.8. The Morgan fingerprint density at radius 2 is 2.10 bits per heavy atom. The van der Waals surface area contributed by atoms with Crippen LogP contribution < -0.4 is 10.9 Å². The van der Waals surface area contributed by atoms with E-state index in [1.54, 1.807) is 36.6 Å². The molecule has 0 spiro atoms. The molecule has 1 aromatic carbocycles. The van der Waals surface area contributed by atoms with E-state index in [0.29, 0.717) is 35.4 Å². The molecule has 0 bridgehead atoms. The maximum atomic E-state index is 12.5. The van der Waals surface area contributed by atoms with Crippen molar-refractivity contribution in [2.75, 3.05) is 6.54 Å². The number of benzene rings is 1. The van der Waals surface area contributed by atoms with Gasteiger partial charge in [-0.3, -0.25) is 9.59 Å². The summed E-state index contributed by atoms with van der Waals surface area (Å²) in [7, 11) is 0. The van der Waals surface area contributed by atoms with Crippen LogP contribution in [0.15, 0.2) is 34.6 Å². The highest BCUT2D eigenvalue weighted by atomic mass is 16.5. The lowest BCUT2D eigenvalue weighted by atomic mass is 9.97. The number of amides is 1. The Hall–Kier alpha value is -2.96. The zero-order chi connectivity index (χ0) is 21.7. The SMILES string of the molecule is CCn1c(=O)c(C)nc2cc(C(=O)O[C@H](C)C(=O)NCCC3=CCCCC3)ccc21. The zero-order valence-corrected chi connectivity index (χ0v) is 17.9. The van der Waals surface area contributed by atoms with Crippen LogP contribution in [0, 0.1) is 6.92 Å². The van der Waals surface area contributed by atoms with Gasteiger partial charge in [0.05, 0.1) is 16.6 Å². The van der Waals surface area contributed by atoms with E-state index >= 15 is 0 Å². The fourth-order valence-corrected chi connectivity index (χ4v) is 3.72. The van der Waals surface area contributed by atoms with Gasteiger partial charge in [0.1, 0.15) is 5.69 Å². The summed E-state index contributed by atoms with van der Waals surface area (Å²) < 4.78 is 6.95. The number of carbonyl (C=O) groups excluding carboxylic acids is 2. The standard InChI is InChI=1S/C23H29N3O4/c1-4-26-20-11-10-18(14-19(20)25-15(2)22(26)28)23(29)30-16(3)21(27)24-13-12-17-8-6-5-7-9-17/h8,10-11,14,16H,4-7,9,12-13H2,1-3H3,(H,24,27)/t16-/m1/s1. The number of hydrogen-bond acceptors (Lipinski definition) is 5. The van der Waals surface area contributed by atoms with Crippen LogP contribution in [-0.2, 0) is 16.1 Å². The summed E-state index contributed by atoms with van der Waals surface area (Å²) in [5.41, 5.74) is 3.11. The van der Waals surface area contributed by atoms with Gasteiger partial charge in [-0.25, -0.2) is 9.78 Å². The van der Waals surface area contributed by atoms with Crippen LogP contribution in [0.25, 0.3) is 11.0 Å². The number of hydrogen-bond donors (Lipinski definition) is 1. The molecule has 7 nitrogen and oxygen atoms in total. The molecule has 0 fully saturated rings. The van der Waals surface area contributed by atoms with E-state index in [2.05, 4.69) is 16.4 Å². The maximum absolute atomic E-state index is 12.5. The van der Waals surface area contributed by atoms with Crippen LogP contribution in [0.2, 0.25) is 0 Å². The first-order chi connectivity index (χ1) is 14.4. The number of aryl methyl sites for hydroxylation is 2. The smallest absolute Gasteiger partial charge is 0.338 e. The Morgan fingerprint density at radius 1 is 1.30 bits per heavy atom. The first kappa shape index (κ1) is 21.7. The quantitative estimate of drug-likeness (QED) is 0.558. The van der Waals surface area contributed by atoms with Crippen LogP contribution in [0.5, 0.6) is 0 Å². The highest BCUT2D eigenvalue weighted by molar-refractivity contribution is 5.95. The minimum atomic E-state index is -0.896. The van der Waals surface area contributed by atoms with Gasteiger partial charge in [-0.1, -0.05) is 11.6 Å². The summed E-state index contributed by atoms with van der Waals surface area (Å²) >= 11 is 0. The summed E-state index contributed by atoms with van der Waals surface area (Å²) in [6.45, 7) is 6.14. The summed E-state index contributed by atoms with van der Waals surface area (Å²) in [6.07, 6.45) is 6.86. The molecule has 1 aliphatic rings. The molecule has 1 amide bonds. The highest BCUT2D eigenvalue weighted by Crippen LogP contribution is 2.19. The maximum Gasteiger partial charge on any atom is 0.338 e. The number of nitrogens with zero attached hydrogens (tertiary/aromatic N) is 2. The number of allylic oxidation sites excluding steroid dienone is 1. The average Bonchev–Trinajstić information content (AvgIpc) is 2.75. The van der Waals surface area contributed by atoms with Crippen molar-refractivity contribution in [1.29, 1.82) is 0 Å². The second-order valence-electron chi connectivity index (χ2n) is 7.65. The molecular weight excluding hydrogens is 382 g/mol. The lowest BCUT2D eigenvalue weighted by Crippen LogP contribution is -2.36. The molecule has 0 saturated carbocycles. The Labute approximate surface area is 176 Å². The van der Waals surface area contributed by atoms with Crippen molar-refractivity contribution < 1.29 is 14.3 Å². The van der Waals surface area contributed by atoms with Crippen LogP contribution in [-0.4, -0.2) is 34.1 Å². The first-order valence-electron chi connectivity index (χ1n) is 10.6. The van der Waals surface area contributed by atoms with Crippen molar-refractivity contribution in [1.82, 2.24) is 14.9 Å². The third-order valence-electron chi connectivity index (χ3n) is 5.44. The van der Waals surface area contributed by atoms with E-state index in [4.69, 9.17) is 4.74 Å². The third-order valence-corrected chi connectivity index (χ3v) is 5.44. The number of rotatable bonds is 7. The van der Waals surface area contributed by atoms with Gasteiger partial charge < -0.3 is 14.6 Å². The molecule has 0 unspecified atom stereocenters. The van der Waals surface area contributed by atoms with Crippen molar-refractivity contribution in [3.05, 3.63) is 51.5 Å². The molecule has 30 heavy (non-hydrogen) atoms. The van der Waals surface area contributed by atoms with Crippen molar-refractivity contribution in [3.8, 4) is 0 Å². The number of fused-ring (bicyclic) bond motifs is 1. The molecular formula is C23H29N3O4. The molecule has 160 valence electrons. The lowest BCUT2D eigenvalue weighted by Gasteiger charge is -2.16. The summed E-state index contributed by atoms with van der Waals surface area (Å²) in [6, 6.07) is 4.87. The molecule has 1 aromatic heterocycles. The number of carbonyl (C=O) groups is 2. The Bertz CT molecular complexity index is 1040. The van der Waals surface area contributed by atoms with E-state index < -0.39 is 12.1 Å². The van der Waals surface area contributed by atoms with Gasteiger partial charge in [0.15, 0.2) is 6.10 Å². The molecule has 1 aliphatic carbocycles. The van der Waals surface area contributed by atoms with E-state index in [9.17, 15) is 14.4 Å². The average molecular weight is 412 g/mol. The molecule has 7 heteroatoms. The predicted octanol–water partition coefficient (Wildman–Crippen LogP) is 3.28. The Morgan fingerprint density at radius 3 is 2.80 bits per heavy atom. The topological polar surface area (TPSA) is 90.3 Å². The second-order valence-corrected chi connectivity index (χ2v) is 7.65. The third kappa shape index (κ3) is 4.96. The van der Waals surface area contributed by atoms with E-state index in [1.807, 2.05) is 6.92 Å². The monoisotopic (exact) mass is 411 g/mol. The van der Waals surface area contributed by atoms with Crippen molar-refractivity contribution in [2.24, 2.45) is 0 Å². The molecule has 0 saturated heterocycles. The van der Waals surface area contributed by atoms with Gasteiger partial charge in [-0.05, 0) is 71.1 Å². The second kappa shape index (κ2) is 9.69. The molecule has 1 N–H and O–H groups in total. The minimum absolute atomic E-state index is 0.144. The number of nitrogens with one attached hydrogen (secondary N) is 1. The van der Waals surface area contributed by atoms with E-state index in [-0.39, 0.29) is 11.5 Å². The van der Waals surface area contributed by atoms with Gasteiger partial charge in [0.25, 0.3) is 11.5 Å². The molecule has 2 aromatic rings. The van der Waals surface area contributed by atoms with Gasteiger partial charge in [0, 0.05) is 13.1 Å². The zero-order valence-electron chi connectivity index (χ0n) is 17.9. The van der Waals surface area contributed by atoms with Gasteiger partial charge >= 0.3 is 5.97 Å². The fraction of sp³-hybridized carbons (Fsp3) is 0.478. The van der Waals surface area contributed by atoms with Crippen LogP contribution in [0.1, 0.15) is 62.0 Å². The van der Waals surface area contributed by atoms with Crippen LogP contribution in [0.3, 0.4) is 0 Å². The molecule has 1 atom stereocenters. The van der Waals surface area contributed by atoms with E-state index in [0.717, 1.165) is 19.3 Å². The Balaban J connectivity index is 1.62. The Kier molecular flexibility index (Phi) is 7.03. The number of esters is 1. The molecule has 0 radical (unpaired) electrons. The van der Waals surface area contributed by atoms with Gasteiger partial charge in [0.2, 0.25) is 0 Å². The van der Waals surface area contributed by atoms with Crippen molar-refractivity contribution in [2.45, 2.75) is 65.5 Å². The summed E-state index contributed by atoms with van der Waals surface area (Å²) in [5, 5.41) is 2.84. The van der Waals surface area contributed by atoms with Crippen molar-refractivity contribution in [3.63, 3.8) is 0 Å².